The predicted molar refractivity (Wildman–Crippen MR) is 80.2 cm³/mol. The van der Waals surface area contributed by atoms with Gasteiger partial charge in [-0.15, -0.1) is 0 Å². The minimum atomic E-state index is -5.99. The molecule has 0 aliphatic heterocycles. The first-order valence-electron chi connectivity index (χ1n) is 7.09. The van der Waals surface area contributed by atoms with Crippen molar-refractivity contribution in [1.82, 2.24) is 4.90 Å². The van der Waals surface area contributed by atoms with Gasteiger partial charge in [-0.3, -0.25) is 0 Å². The highest BCUT2D eigenvalue weighted by Crippen LogP contribution is 2.53. The molecule has 0 bridgehead atoms. The van der Waals surface area contributed by atoms with Gasteiger partial charge in [-0.1, -0.05) is 0 Å². The van der Waals surface area contributed by atoms with Crippen LogP contribution in [-0.4, -0.2) is 49.4 Å². The fraction of sp³-hybridized carbons (Fsp3) is 0.533. The lowest BCUT2D eigenvalue weighted by Gasteiger charge is -2.33. The van der Waals surface area contributed by atoms with Gasteiger partial charge in [-0.05, 0) is 25.5 Å². The van der Waals surface area contributed by atoms with E-state index in [9.17, 15) is 31.4 Å². The van der Waals surface area contributed by atoms with Gasteiger partial charge >= 0.3 is 12.4 Å². The number of aryl methyl sites for hydroxylation is 1. The largest absolute Gasteiger partial charge is 0.496 e. The number of benzene rings is 1. The number of halogens is 6. The molecule has 4 nitrogen and oxygen atoms in total. The molecule has 0 saturated carbocycles. The van der Waals surface area contributed by atoms with Crippen LogP contribution >= 0.6 is 0 Å². The van der Waals surface area contributed by atoms with Crippen LogP contribution < -0.4 is 4.74 Å². The number of alkyl halides is 6. The summed E-state index contributed by atoms with van der Waals surface area (Å²) in [4.78, 5) is 5.66. The molecule has 1 aromatic rings. The molecule has 0 amide bonds. The maximum absolute atomic E-state index is 13.1. The van der Waals surface area contributed by atoms with Gasteiger partial charge in [0.2, 0.25) is 0 Å². The summed E-state index contributed by atoms with van der Waals surface area (Å²) in [5, 5.41) is 9.56. The molecule has 0 unspecified atom stereocenters. The topological polar surface area (TPSA) is 45.1 Å². The highest BCUT2D eigenvalue weighted by atomic mass is 19.4. The van der Waals surface area contributed by atoms with Crippen LogP contribution in [-0.2, 0) is 5.60 Å². The van der Waals surface area contributed by atoms with Crippen molar-refractivity contribution >= 4 is 12.0 Å². The van der Waals surface area contributed by atoms with E-state index in [-0.39, 0.29) is 11.3 Å². The molecular formula is C15H18F6N2O2. The van der Waals surface area contributed by atoms with E-state index < -0.39 is 29.3 Å². The van der Waals surface area contributed by atoms with E-state index in [1.54, 1.807) is 11.9 Å². The van der Waals surface area contributed by atoms with Gasteiger partial charge in [0, 0.05) is 25.2 Å². The van der Waals surface area contributed by atoms with Crippen LogP contribution in [0.3, 0.4) is 0 Å². The molecule has 142 valence electrons. The Balaban J connectivity index is 3.61. The number of hydrogen-bond donors (Lipinski definition) is 1. The zero-order valence-electron chi connectivity index (χ0n) is 14.0. The maximum Gasteiger partial charge on any atom is 0.430 e. The Morgan fingerprint density at radius 3 is 2.08 bits per heavy atom. The number of aliphatic hydroxyl groups is 1. The summed E-state index contributed by atoms with van der Waals surface area (Å²) < 4.78 is 83.1. The number of rotatable bonds is 5. The second kappa shape index (κ2) is 7.11. The molecule has 25 heavy (non-hydrogen) atoms. The summed E-state index contributed by atoms with van der Waals surface area (Å²) in [6.07, 6.45) is -10.6. The van der Waals surface area contributed by atoms with Crippen LogP contribution in [0.2, 0.25) is 0 Å². The van der Waals surface area contributed by atoms with Crippen LogP contribution in [0, 0.1) is 6.92 Å². The summed E-state index contributed by atoms with van der Waals surface area (Å²) in [7, 11) is 2.60. The molecule has 0 fully saturated rings. The fourth-order valence-electron chi connectivity index (χ4n) is 1.98. The van der Waals surface area contributed by atoms with Crippen LogP contribution in [0.25, 0.3) is 0 Å². The fourth-order valence-corrected chi connectivity index (χ4v) is 1.98. The third kappa shape index (κ3) is 4.00. The van der Waals surface area contributed by atoms with Crippen molar-refractivity contribution in [2.24, 2.45) is 4.99 Å². The number of aliphatic imine (C=N–C) groups is 1. The van der Waals surface area contributed by atoms with Crippen molar-refractivity contribution in [1.29, 1.82) is 0 Å². The summed E-state index contributed by atoms with van der Waals surface area (Å²) in [6, 6.07) is 1.51. The molecule has 0 radical (unpaired) electrons. The van der Waals surface area contributed by atoms with Crippen molar-refractivity contribution in [2.45, 2.75) is 31.8 Å². The molecule has 0 aliphatic rings. The Kier molecular flexibility index (Phi) is 5.99. The van der Waals surface area contributed by atoms with Gasteiger partial charge in [0.25, 0.3) is 5.60 Å². The summed E-state index contributed by atoms with van der Waals surface area (Å²) in [6.45, 7) is 3.71. The van der Waals surface area contributed by atoms with Crippen molar-refractivity contribution in [2.75, 3.05) is 20.7 Å². The van der Waals surface area contributed by atoms with Crippen molar-refractivity contribution < 1.29 is 36.2 Å². The Hall–Kier alpha value is -1.97. The van der Waals surface area contributed by atoms with Gasteiger partial charge in [0.05, 0.1) is 19.1 Å². The molecule has 0 spiro atoms. The highest BCUT2D eigenvalue weighted by molar-refractivity contribution is 5.65. The zero-order valence-corrected chi connectivity index (χ0v) is 14.0. The Labute approximate surface area is 140 Å². The average Bonchev–Trinajstić information content (AvgIpc) is 2.49. The Bertz CT molecular complexity index is 626. The van der Waals surface area contributed by atoms with Crippen molar-refractivity contribution in [3.8, 4) is 5.75 Å². The Morgan fingerprint density at radius 1 is 1.16 bits per heavy atom. The molecule has 0 aromatic heterocycles. The van der Waals surface area contributed by atoms with Gasteiger partial charge in [0.1, 0.15) is 5.75 Å². The van der Waals surface area contributed by atoms with Gasteiger partial charge < -0.3 is 14.7 Å². The molecule has 1 N–H and O–H groups in total. The molecule has 1 rings (SSSR count). The minimum Gasteiger partial charge on any atom is -0.496 e. The number of methoxy groups -OCH3 is 1. The van der Waals surface area contributed by atoms with Gasteiger partial charge in [-0.2, -0.15) is 26.3 Å². The van der Waals surface area contributed by atoms with Gasteiger partial charge in [-0.25, -0.2) is 4.99 Å². The maximum atomic E-state index is 13.1. The molecule has 0 atom stereocenters. The predicted octanol–water partition coefficient (Wildman–Crippen LogP) is 3.93. The molecule has 10 heteroatoms. The van der Waals surface area contributed by atoms with E-state index in [2.05, 4.69) is 9.73 Å². The lowest BCUT2D eigenvalue weighted by molar-refractivity contribution is -0.376. The third-order valence-electron chi connectivity index (χ3n) is 3.62. The normalized spacial score (nSPS) is 13.4. The van der Waals surface area contributed by atoms with E-state index in [0.29, 0.717) is 12.6 Å². The van der Waals surface area contributed by atoms with Gasteiger partial charge in [0.15, 0.2) is 0 Å². The Morgan fingerprint density at radius 2 is 1.68 bits per heavy atom. The lowest BCUT2D eigenvalue weighted by atomic mass is 9.89. The van der Waals surface area contributed by atoms with E-state index in [4.69, 9.17) is 0 Å². The van der Waals surface area contributed by atoms with E-state index in [1.807, 2.05) is 6.92 Å². The first kappa shape index (κ1) is 21.1. The number of ether oxygens (including phenoxy) is 1. The highest BCUT2D eigenvalue weighted by Gasteiger charge is 2.72. The molecule has 0 heterocycles. The second-order valence-corrected chi connectivity index (χ2v) is 5.36. The lowest BCUT2D eigenvalue weighted by Crippen LogP contribution is -2.54. The van der Waals surface area contributed by atoms with E-state index in [0.717, 1.165) is 13.2 Å². The zero-order chi connectivity index (χ0) is 19.6. The van der Waals surface area contributed by atoms with Crippen LogP contribution in [0.5, 0.6) is 5.75 Å². The standard InChI is InChI=1S/C15H18F6N2O2/c1-5-23(3)8-22-11-7-12(25-4)10(6-9(11)2)13(24,14(16,17)18)15(19,20)21/h6-8,24H,5H2,1-4H3/b22-8+. The first-order valence-corrected chi connectivity index (χ1v) is 7.09. The van der Waals surface area contributed by atoms with Crippen LogP contribution in [0.1, 0.15) is 18.1 Å². The summed E-state index contributed by atoms with van der Waals surface area (Å²) in [5.74, 6) is -0.769. The average molecular weight is 372 g/mol. The van der Waals surface area contributed by atoms with Crippen LogP contribution in [0.4, 0.5) is 32.0 Å². The minimum absolute atomic E-state index is 0.0171. The van der Waals surface area contributed by atoms with Crippen LogP contribution in [0.15, 0.2) is 17.1 Å². The molecule has 0 aliphatic carbocycles. The van der Waals surface area contributed by atoms with Crippen molar-refractivity contribution in [3.63, 3.8) is 0 Å². The smallest absolute Gasteiger partial charge is 0.430 e. The van der Waals surface area contributed by atoms with Crippen molar-refractivity contribution in [3.05, 3.63) is 23.3 Å². The van der Waals surface area contributed by atoms with E-state index >= 15 is 0 Å². The third-order valence-corrected chi connectivity index (χ3v) is 3.62. The molecule has 0 saturated heterocycles. The number of hydrogen-bond acceptors (Lipinski definition) is 3. The monoisotopic (exact) mass is 372 g/mol. The molecule has 1 aromatic carbocycles. The quantitative estimate of drug-likeness (QED) is 0.484. The summed E-state index contributed by atoms with van der Waals surface area (Å²) in [5.41, 5.74) is -6.36. The van der Waals surface area contributed by atoms with E-state index in [1.165, 1.54) is 13.3 Å². The SMILES string of the molecule is CCN(C)/C=N/c1cc(OC)c(C(O)(C(F)(F)F)C(F)(F)F)cc1C. The second-order valence-electron chi connectivity index (χ2n) is 5.36. The number of nitrogens with zero attached hydrogens (tertiary/aromatic N) is 2. The molecular weight excluding hydrogens is 354 g/mol. The first-order chi connectivity index (χ1) is 11.3. The summed E-state index contributed by atoms with van der Waals surface area (Å²) >= 11 is 0.